The quantitative estimate of drug-likeness (QED) is 0.198. The zero-order valence-electron chi connectivity index (χ0n) is 34.7. The number of halogens is 1. The molecular weight excluding hydrogens is 784 g/mol. The Labute approximate surface area is 353 Å². The lowest BCUT2D eigenvalue weighted by molar-refractivity contribution is -0.134. The third kappa shape index (κ3) is 8.22. The minimum Gasteiger partial charge on any atom is -0.371 e. The maximum Gasteiger partial charge on any atom is 0.320 e. The van der Waals surface area contributed by atoms with E-state index in [1.54, 1.807) is 24.1 Å². The molecule has 4 N–H and O–H groups in total. The third-order valence-electron chi connectivity index (χ3n) is 13.1. The number of carbonyl (C=O) groups is 4. The number of hydrogen-bond acceptors (Lipinski definition) is 13. The number of nitrogens with two attached hydrogens (primary N) is 1. The number of fused-ring (bicyclic) bond motifs is 1. The highest BCUT2D eigenvalue weighted by Gasteiger charge is 2.36. The Balaban J connectivity index is 0.774. The lowest BCUT2D eigenvalue weighted by Crippen LogP contribution is -2.49. The number of piperidine rings is 3. The van der Waals surface area contributed by atoms with Gasteiger partial charge in [0, 0.05) is 109 Å². The Kier molecular flexibility index (Phi) is 11.1. The topological polar surface area (TPSA) is 194 Å². The van der Waals surface area contributed by atoms with E-state index in [0.717, 1.165) is 80.7 Å². The Morgan fingerprint density at radius 3 is 2.41 bits per heavy atom. The molecule has 5 fully saturated rings. The van der Waals surface area contributed by atoms with Crippen molar-refractivity contribution < 1.29 is 23.6 Å². The molecule has 4 aromatic rings. The van der Waals surface area contributed by atoms with Crippen LogP contribution < -0.4 is 31.1 Å². The van der Waals surface area contributed by atoms with Crippen molar-refractivity contribution in [3.05, 3.63) is 53.6 Å². The van der Waals surface area contributed by atoms with Gasteiger partial charge in [-0.1, -0.05) is 0 Å². The van der Waals surface area contributed by atoms with E-state index in [-0.39, 0.29) is 41.2 Å². The van der Waals surface area contributed by atoms with Crippen molar-refractivity contribution in [3.63, 3.8) is 0 Å². The Morgan fingerprint density at radius 1 is 0.885 bits per heavy atom. The predicted molar refractivity (Wildman–Crippen MR) is 227 cm³/mol. The van der Waals surface area contributed by atoms with Gasteiger partial charge in [0.05, 0.1) is 28.9 Å². The summed E-state index contributed by atoms with van der Waals surface area (Å²) in [5.41, 5.74) is 9.26. The minimum absolute atomic E-state index is 0.0107. The van der Waals surface area contributed by atoms with E-state index in [9.17, 15) is 19.2 Å². The molecule has 18 nitrogen and oxygen atoms in total. The van der Waals surface area contributed by atoms with Crippen molar-refractivity contribution in [2.75, 3.05) is 99.1 Å². The van der Waals surface area contributed by atoms with Crippen LogP contribution in [0.1, 0.15) is 60.6 Å². The lowest BCUT2D eigenvalue weighted by Gasteiger charge is -2.40. The molecule has 7 heterocycles. The highest BCUT2D eigenvalue weighted by Crippen LogP contribution is 2.34. The molecule has 322 valence electrons. The van der Waals surface area contributed by atoms with Crippen molar-refractivity contribution in [2.24, 2.45) is 18.7 Å². The van der Waals surface area contributed by atoms with Crippen molar-refractivity contribution in [1.82, 2.24) is 45.0 Å². The summed E-state index contributed by atoms with van der Waals surface area (Å²) in [6.07, 6.45) is 4.66. The van der Waals surface area contributed by atoms with Gasteiger partial charge in [0.25, 0.3) is 5.91 Å². The largest absolute Gasteiger partial charge is 0.371 e. The van der Waals surface area contributed by atoms with Crippen LogP contribution in [0.2, 0.25) is 0 Å². The van der Waals surface area contributed by atoms with Gasteiger partial charge in [-0.15, -0.1) is 10.2 Å². The van der Waals surface area contributed by atoms with Crippen molar-refractivity contribution in [3.8, 4) is 0 Å². The molecule has 1 unspecified atom stereocenters. The number of nitrogens with one attached hydrogen (secondary N) is 2. The number of urea groups is 1. The van der Waals surface area contributed by atoms with Crippen molar-refractivity contribution in [2.45, 2.75) is 50.5 Å². The second kappa shape index (κ2) is 16.7. The fourth-order valence-corrected chi connectivity index (χ4v) is 9.67. The zero-order chi connectivity index (χ0) is 42.4. The number of likely N-dealkylation sites (N-methyl/N-ethyl adjacent to an activating group) is 1. The third-order valence-corrected chi connectivity index (χ3v) is 13.1. The normalized spacial score (nSPS) is 22.1. The summed E-state index contributed by atoms with van der Waals surface area (Å²) in [5, 5.41) is 19.5. The molecule has 61 heavy (non-hydrogen) atoms. The van der Waals surface area contributed by atoms with Crippen LogP contribution in [0.25, 0.3) is 10.9 Å². The van der Waals surface area contributed by atoms with Crippen molar-refractivity contribution >= 4 is 63.5 Å². The number of hydrogen-bond donors (Lipinski definition) is 3. The Bertz CT molecular complexity index is 2340. The molecule has 0 spiro atoms. The number of primary amides is 1. The van der Waals surface area contributed by atoms with Gasteiger partial charge in [-0.25, -0.2) is 9.18 Å². The van der Waals surface area contributed by atoms with Crippen LogP contribution in [0.3, 0.4) is 0 Å². The second-order valence-corrected chi connectivity index (χ2v) is 17.0. The molecule has 2 atom stereocenters. The van der Waals surface area contributed by atoms with Crippen LogP contribution in [0.15, 0.2) is 36.4 Å². The van der Waals surface area contributed by atoms with E-state index in [0.29, 0.717) is 75.4 Å². The molecule has 5 aliphatic heterocycles. The van der Waals surface area contributed by atoms with Gasteiger partial charge >= 0.3 is 6.03 Å². The van der Waals surface area contributed by atoms with Crippen molar-refractivity contribution in [1.29, 1.82) is 0 Å². The Hall–Kier alpha value is -6.11. The maximum atomic E-state index is 15.8. The minimum atomic E-state index is -0.803. The summed E-state index contributed by atoms with van der Waals surface area (Å²) >= 11 is 0. The van der Waals surface area contributed by atoms with Gasteiger partial charge in [-0.3, -0.25) is 29.3 Å². The molecule has 2 aromatic heterocycles. The first kappa shape index (κ1) is 40.3. The number of nitrogens with zero attached hydrogens (tertiary/aromatic N) is 11. The summed E-state index contributed by atoms with van der Waals surface area (Å²) in [5.74, 6) is -1.14. The average Bonchev–Trinajstić information content (AvgIpc) is 3.77. The highest BCUT2D eigenvalue weighted by molar-refractivity contribution is 6.02. The molecule has 9 rings (SSSR count). The number of aromatic nitrogens is 5. The molecule has 0 radical (unpaired) electrons. The number of imide groups is 1. The molecular formula is C42H53FN14O4. The Morgan fingerprint density at radius 2 is 1.69 bits per heavy atom. The van der Waals surface area contributed by atoms with E-state index in [4.69, 9.17) is 10.8 Å². The smallest absolute Gasteiger partial charge is 0.320 e. The molecule has 19 heteroatoms. The van der Waals surface area contributed by atoms with E-state index < -0.39 is 11.8 Å². The number of rotatable bonds is 10. The summed E-state index contributed by atoms with van der Waals surface area (Å²) in [4.78, 5) is 66.4. The standard InChI is InChI=1S/C42H53FN14O4/c1-51-16-21-57(42(51)61)29-4-3-13-56(25-29)41-47-39(37(38(44)59)48-49-41)45-27-5-9-33(32(43)22-27)55-19-17-53(18-20-55)24-26-11-14-54(15-12-26)28-6-7-30-34(23-28)52(2)50-36(30)31-8-10-35(58)46-40(31)60/h5-7,9,22-23,26,29,31H,3-4,8,10-21,24-25H2,1-2H3,(H2,44,59)(H,45,47,49)(H,46,58,60)/t29-,31?/m1/s1. The van der Waals surface area contributed by atoms with Gasteiger partial charge in [0.2, 0.25) is 17.8 Å². The van der Waals surface area contributed by atoms with Crippen LogP contribution >= 0.6 is 0 Å². The summed E-state index contributed by atoms with van der Waals surface area (Å²) < 4.78 is 17.6. The first-order chi connectivity index (χ1) is 29.5. The fraction of sp³-hybridized carbons (Fsp3) is 0.524. The SMILES string of the molecule is CN1CCN([C@@H]2CCCN(c3nnc(C(N)=O)c(Nc4ccc(N5CCN(CC6CCN(c7ccc8c(C9CCC(=O)NC9=O)nn(C)c8c7)CC6)CC5)c(F)c4)n3)C2)C1=O. The number of amides is 5. The number of aryl methyl sites for hydroxylation is 1. The molecule has 0 aliphatic carbocycles. The van der Waals surface area contributed by atoms with E-state index in [1.807, 2.05) is 21.5 Å². The first-order valence-electron chi connectivity index (χ1n) is 21.4. The van der Waals surface area contributed by atoms with Crippen LogP contribution in [0.4, 0.5) is 38.0 Å². The molecule has 0 bridgehead atoms. The first-order valence-corrected chi connectivity index (χ1v) is 21.4. The molecule has 5 amide bonds. The van der Waals surface area contributed by atoms with E-state index >= 15 is 4.39 Å². The van der Waals surface area contributed by atoms with Gasteiger partial charge in [-0.05, 0) is 74.4 Å². The lowest BCUT2D eigenvalue weighted by atomic mass is 9.92. The van der Waals surface area contributed by atoms with Crippen LogP contribution in [0.5, 0.6) is 0 Å². The maximum absolute atomic E-state index is 15.8. The zero-order valence-corrected chi connectivity index (χ0v) is 34.7. The average molecular weight is 837 g/mol. The summed E-state index contributed by atoms with van der Waals surface area (Å²) in [7, 11) is 3.70. The highest BCUT2D eigenvalue weighted by atomic mass is 19.1. The second-order valence-electron chi connectivity index (χ2n) is 17.0. The predicted octanol–water partition coefficient (Wildman–Crippen LogP) is 2.63. The fourth-order valence-electron chi connectivity index (χ4n) is 9.67. The molecule has 2 aromatic carbocycles. The van der Waals surface area contributed by atoms with Gasteiger partial charge in [0.15, 0.2) is 11.5 Å². The number of piperazine rings is 1. The van der Waals surface area contributed by atoms with Gasteiger partial charge in [-0.2, -0.15) is 10.1 Å². The summed E-state index contributed by atoms with van der Waals surface area (Å²) in [6.45, 7) is 8.55. The van der Waals surface area contributed by atoms with Gasteiger partial charge in [0.1, 0.15) is 5.82 Å². The molecule has 5 aliphatic rings. The number of benzene rings is 2. The van der Waals surface area contributed by atoms with E-state index in [2.05, 4.69) is 58.7 Å². The van der Waals surface area contributed by atoms with E-state index in [1.165, 1.54) is 6.07 Å². The number of carbonyl (C=O) groups excluding carboxylic acids is 4. The molecule has 5 saturated heterocycles. The van der Waals surface area contributed by atoms with Gasteiger partial charge < -0.3 is 35.6 Å². The number of anilines is 5. The van der Waals surface area contributed by atoms with Crippen LogP contribution in [0, 0.1) is 11.7 Å². The summed E-state index contributed by atoms with van der Waals surface area (Å²) in [6, 6.07) is 11.3. The van der Waals surface area contributed by atoms with Crippen LogP contribution in [-0.4, -0.2) is 148 Å². The van der Waals surface area contributed by atoms with Crippen LogP contribution in [-0.2, 0) is 16.6 Å². The monoisotopic (exact) mass is 836 g/mol. The molecule has 0 saturated carbocycles.